The number of halogens is 1. The van der Waals surface area contributed by atoms with Crippen molar-refractivity contribution >= 4 is 17.6 Å². The average Bonchev–Trinajstić information content (AvgIpc) is 2.74. The highest BCUT2D eigenvalue weighted by Gasteiger charge is 2.12. The summed E-state index contributed by atoms with van der Waals surface area (Å²) in [5.41, 5.74) is 1.22. The molecule has 2 rings (SSSR count). The third-order valence-electron chi connectivity index (χ3n) is 2.24. The highest BCUT2D eigenvalue weighted by molar-refractivity contribution is 6.29. The first-order chi connectivity index (χ1) is 8.16. The van der Waals surface area contributed by atoms with Gasteiger partial charge in [0.25, 0.3) is 0 Å². The SMILES string of the molecule is Cc1occc1C(=O)OCc1ccc(Cl)nc1. The number of hydrogen-bond acceptors (Lipinski definition) is 4. The molecule has 0 N–H and O–H groups in total. The molecule has 0 amide bonds. The lowest BCUT2D eigenvalue weighted by atomic mass is 10.2. The Morgan fingerprint density at radius 3 is 2.88 bits per heavy atom. The number of furan rings is 1. The predicted octanol–water partition coefficient (Wildman–Crippen LogP) is 2.99. The molecule has 5 heteroatoms. The van der Waals surface area contributed by atoms with Crippen molar-refractivity contribution in [1.82, 2.24) is 4.98 Å². The van der Waals surface area contributed by atoms with Gasteiger partial charge >= 0.3 is 5.97 Å². The quantitative estimate of drug-likeness (QED) is 0.622. The monoisotopic (exact) mass is 251 g/mol. The molecule has 0 saturated heterocycles. The molecule has 0 aliphatic rings. The standard InChI is InChI=1S/C12H10ClNO3/c1-8-10(4-5-16-8)12(15)17-7-9-2-3-11(13)14-6-9/h2-6H,7H2,1H3. The molecule has 0 saturated carbocycles. The Labute approximate surface area is 103 Å². The van der Waals surface area contributed by atoms with Crippen LogP contribution >= 0.6 is 11.6 Å². The van der Waals surface area contributed by atoms with Gasteiger partial charge in [-0.25, -0.2) is 9.78 Å². The molecule has 88 valence electrons. The van der Waals surface area contributed by atoms with E-state index in [0.717, 1.165) is 5.56 Å². The largest absolute Gasteiger partial charge is 0.469 e. The predicted molar refractivity (Wildman–Crippen MR) is 61.8 cm³/mol. The van der Waals surface area contributed by atoms with Crippen LogP contribution in [-0.4, -0.2) is 11.0 Å². The van der Waals surface area contributed by atoms with Gasteiger partial charge < -0.3 is 9.15 Å². The van der Waals surface area contributed by atoms with E-state index in [1.807, 2.05) is 0 Å². The van der Waals surface area contributed by atoms with Crippen LogP contribution in [0.3, 0.4) is 0 Å². The molecule has 0 fully saturated rings. The normalized spacial score (nSPS) is 10.2. The van der Waals surface area contributed by atoms with Crippen molar-refractivity contribution in [1.29, 1.82) is 0 Å². The maximum atomic E-state index is 11.6. The molecule has 0 aliphatic heterocycles. The minimum atomic E-state index is -0.411. The molecule has 2 aromatic rings. The van der Waals surface area contributed by atoms with Crippen LogP contribution in [0.5, 0.6) is 0 Å². The van der Waals surface area contributed by atoms with E-state index >= 15 is 0 Å². The molecule has 2 aromatic heterocycles. The number of hydrogen-bond donors (Lipinski definition) is 0. The summed E-state index contributed by atoms with van der Waals surface area (Å²) in [7, 11) is 0. The van der Waals surface area contributed by atoms with Crippen LogP contribution < -0.4 is 0 Å². The summed E-state index contributed by atoms with van der Waals surface area (Å²) in [5, 5.41) is 0.408. The van der Waals surface area contributed by atoms with Gasteiger partial charge in [0.1, 0.15) is 23.1 Å². The van der Waals surface area contributed by atoms with Crippen LogP contribution in [0.1, 0.15) is 21.7 Å². The second kappa shape index (κ2) is 5.01. The lowest BCUT2D eigenvalue weighted by molar-refractivity contribution is 0.0470. The summed E-state index contributed by atoms with van der Waals surface area (Å²) in [5.74, 6) is 0.135. The van der Waals surface area contributed by atoms with E-state index in [0.29, 0.717) is 16.5 Å². The van der Waals surface area contributed by atoms with Gasteiger partial charge in [-0.05, 0) is 19.1 Å². The molecule has 0 aliphatic carbocycles. The number of ether oxygens (including phenoxy) is 1. The van der Waals surface area contributed by atoms with Crippen LogP contribution in [0.25, 0.3) is 0 Å². The van der Waals surface area contributed by atoms with E-state index in [1.165, 1.54) is 6.26 Å². The van der Waals surface area contributed by atoms with Crippen molar-refractivity contribution in [2.75, 3.05) is 0 Å². The van der Waals surface area contributed by atoms with Gasteiger partial charge in [0.05, 0.1) is 6.26 Å². The van der Waals surface area contributed by atoms with Crippen LogP contribution in [0.15, 0.2) is 35.1 Å². The van der Waals surface area contributed by atoms with Crippen molar-refractivity contribution in [3.63, 3.8) is 0 Å². The number of carbonyl (C=O) groups excluding carboxylic acids is 1. The van der Waals surface area contributed by atoms with E-state index in [4.69, 9.17) is 20.8 Å². The Hall–Kier alpha value is -1.81. The third-order valence-corrected chi connectivity index (χ3v) is 2.46. The molecule has 0 aromatic carbocycles. The molecule has 0 atom stereocenters. The van der Waals surface area contributed by atoms with Gasteiger partial charge in [0.2, 0.25) is 0 Å². The van der Waals surface area contributed by atoms with E-state index in [9.17, 15) is 4.79 Å². The second-order valence-electron chi connectivity index (χ2n) is 3.46. The Balaban J connectivity index is 1.97. The van der Waals surface area contributed by atoms with Gasteiger partial charge in [-0.3, -0.25) is 0 Å². The summed E-state index contributed by atoms with van der Waals surface area (Å²) in [4.78, 5) is 15.5. The van der Waals surface area contributed by atoms with Crippen LogP contribution in [-0.2, 0) is 11.3 Å². The van der Waals surface area contributed by atoms with Crippen molar-refractivity contribution in [2.24, 2.45) is 0 Å². The molecule has 4 nitrogen and oxygen atoms in total. The molecular weight excluding hydrogens is 242 g/mol. The van der Waals surface area contributed by atoms with Gasteiger partial charge in [-0.2, -0.15) is 0 Å². The Kier molecular flexibility index (Phi) is 3.44. The zero-order valence-corrected chi connectivity index (χ0v) is 9.90. The van der Waals surface area contributed by atoms with Crippen LogP contribution in [0.2, 0.25) is 5.15 Å². The first-order valence-corrected chi connectivity index (χ1v) is 5.36. The molecular formula is C12H10ClNO3. The smallest absolute Gasteiger partial charge is 0.342 e. The summed E-state index contributed by atoms with van der Waals surface area (Å²) in [6, 6.07) is 4.98. The van der Waals surface area contributed by atoms with E-state index < -0.39 is 5.97 Å². The number of pyridine rings is 1. The fourth-order valence-corrected chi connectivity index (χ4v) is 1.43. The summed E-state index contributed by atoms with van der Waals surface area (Å²) < 4.78 is 10.1. The zero-order valence-electron chi connectivity index (χ0n) is 9.14. The summed E-state index contributed by atoms with van der Waals surface area (Å²) in [6.07, 6.45) is 3.02. The molecule has 17 heavy (non-hydrogen) atoms. The van der Waals surface area contributed by atoms with Crippen LogP contribution in [0.4, 0.5) is 0 Å². The van der Waals surface area contributed by atoms with Gasteiger partial charge in [0, 0.05) is 11.8 Å². The van der Waals surface area contributed by atoms with Crippen molar-refractivity contribution in [3.8, 4) is 0 Å². The highest BCUT2D eigenvalue weighted by Crippen LogP contribution is 2.12. The fourth-order valence-electron chi connectivity index (χ4n) is 1.32. The lowest BCUT2D eigenvalue weighted by Crippen LogP contribution is -2.05. The Morgan fingerprint density at radius 1 is 1.47 bits per heavy atom. The van der Waals surface area contributed by atoms with Gasteiger partial charge in [-0.15, -0.1) is 0 Å². The van der Waals surface area contributed by atoms with Crippen molar-refractivity contribution < 1.29 is 13.9 Å². The first kappa shape index (κ1) is 11.7. The molecule has 0 radical (unpaired) electrons. The highest BCUT2D eigenvalue weighted by atomic mass is 35.5. The van der Waals surface area contributed by atoms with Crippen molar-refractivity contribution in [3.05, 3.63) is 52.7 Å². The number of esters is 1. The molecule has 2 heterocycles. The molecule has 0 unspecified atom stereocenters. The number of nitrogens with zero attached hydrogens (tertiary/aromatic N) is 1. The molecule has 0 spiro atoms. The third kappa shape index (κ3) is 2.85. The lowest BCUT2D eigenvalue weighted by Gasteiger charge is -2.03. The van der Waals surface area contributed by atoms with Gasteiger partial charge in [0.15, 0.2) is 0 Å². The average molecular weight is 252 g/mol. The maximum Gasteiger partial charge on any atom is 0.342 e. The topological polar surface area (TPSA) is 52.3 Å². The number of aromatic nitrogens is 1. The van der Waals surface area contributed by atoms with Gasteiger partial charge in [-0.1, -0.05) is 17.7 Å². The fraction of sp³-hybridized carbons (Fsp3) is 0.167. The summed E-state index contributed by atoms with van der Waals surface area (Å²) >= 11 is 5.65. The second-order valence-corrected chi connectivity index (χ2v) is 3.84. The van der Waals surface area contributed by atoms with E-state index in [-0.39, 0.29) is 6.61 Å². The molecule has 0 bridgehead atoms. The van der Waals surface area contributed by atoms with Crippen LogP contribution in [0, 0.1) is 6.92 Å². The minimum Gasteiger partial charge on any atom is -0.469 e. The number of carbonyl (C=O) groups is 1. The number of aryl methyl sites for hydroxylation is 1. The van der Waals surface area contributed by atoms with E-state index in [1.54, 1.807) is 31.3 Å². The van der Waals surface area contributed by atoms with E-state index in [2.05, 4.69) is 4.98 Å². The Morgan fingerprint density at radius 2 is 2.29 bits per heavy atom. The summed E-state index contributed by atoms with van der Waals surface area (Å²) in [6.45, 7) is 1.87. The zero-order chi connectivity index (χ0) is 12.3. The minimum absolute atomic E-state index is 0.160. The number of rotatable bonds is 3. The van der Waals surface area contributed by atoms with Crippen molar-refractivity contribution in [2.45, 2.75) is 13.5 Å². The maximum absolute atomic E-state index is 11.6. The first-order valence-electron chi connectivity index (χ1n) is 4.98. The Bertz CT molecular complexity index is 519.